The fourth-order valence-electron chi connectivity index (χ4n) is 0.861. The molecule has 1 rings (SSSR count). The van der Waals surface area contributed by atoms with Gasteiger partial charge in [-0.1, -0.05) is 0 Å². The number of anilines is 1. The van der Waals surface area contributed by atoms with Gasteiger partial charge >= 0.3 is 0 Å². The van der Waals surface area contributed by atoms with E-state index in [4.69, 9.17) is 12.2 Å². The minimum Gasteiger partial charge on any atom is -0.397 e. The summed E-state index contributed by atoms with van der Waals surface area (Å²) in [7, 11) is 0. The molecule has 2 heteroatoms. The van der Waals surface area contributed by atoms with E-state index in [9.17, 15) is 0 Å². The molecule has 1 aromatic rings. The van der Waals surface area contributed by atoms with Crippen molar-refractivity contribution in [3.63, 3.8) is 0 Å². The molecule has 0 radical (unpaired) electrons. The summed E-state index contributed by atoms with van der Waals surface area (Å²) >= 11 is 0. The van der Waals surface area contributed by atoms with Gasteiger partial charge in [0.15, 0.2) is 0 Å². The Morgan fingerprint density at radius 1 is 1.55 bits per heavy atom. The summed E-state index contributed by atoms with van der Waals surface area (Å²) in [6.07, 6.45) is 10.1. The summed E-state index contributed by atoms with van der Waals surface area (Å²) in [6, 6.07) is 1.89. The van der Waals surface area contributed by atoms with Gasteiger partial charge in [0.1, 0.15) is 0 Å². The minimum absolute atomic E-state index is 0.694. The lowest BCUT2D eigenvalue weighted by Crippen LogP contribution is -1.90. The van der Waals surface area contributed by atoms with Crippen LogP contribution in [0.15, 0.2) is 18.5 Å². The summed E-state index contributed by atoms with van der Waals surface area (Å²) in [5.41, 5.74) is 7.31. The van der Waals surface area contributed by atoms with Gasteiger partial charge in [-0.2, -0.15) is 0 Å². The van der Waals surface area contributed by atoms with Crippen molar-refractivity contribution < 1.29 is 0 Å². The number of aromatic nitrogens is 1. The molecule has 2 nitrogen and oxygen atoms in total. The summed E-state index contributed by atoms with van der Waals surface area (Å²) in [5.74, 6) is 2.57. The minimum atomic E-state index is 0.694. The molecule has 0 saturated carbocycles. The maximum absolute atomic E-state index is 5.52. The number of aryl methyl sites for hydroxylation is 1. The molecule has 2 N–H and O–H groups in total. The largest absolute Gasteiger partial charge is 0.397 e. The second kappa shape index (κ2) is 3.62. The maximum Gasteiger partial charge on any atom is 0.0503 e. The first kappa shape index (κ1) is 7.62. The van der Waals surface area contributed by atoms with Gasteiger partial charge in [0.2, 0.25) is 0 Å². The average molecular weight is 146 g/mol. The van der Waals surface area contributed by atoms with Gasteiger partial charge in [-0.3, -0.25) is 4.98 Å². The Balaban J connectivity index is 2.65. The van der Waals surface area contributed by atoms with E-state index < -0.39 is 0 Å². The summed E-state index contributed by atoms with van der Waals surface area (Å²) in [6.45, 7) is 0. The molecule has 0 aliphatic rings. The normalized spacial score (nSPS) is 9.00. The third-order valence-electron chi connectivity index (χ3n) is 1.37. The van der Waals surface area contributed by atoms with Crippen molar-refractivity contribution in [1.29, 1.82) is 0 Å². The number of hydrogen-bond donors (Lipinski definition) is 1. The summed E-state index contributed by atoms with van der Waals surface area (Å²) < 4.78 is 0. The number of pyridine rings is 1. The van der Waals surface area contributed by atoms with Gasteiger partial charge < -0.3 is 5.73 Å². The topological polar surface area (TPSA) is 38.9 Å². The number of nitrogens with zero attached hydrogens (tertiary/aromatic N) is 1. The Kier molecular flexibility index (Phi) is 2.51. The van der Waals surface area contributed by atoms with E-state index in [0.29, 0.717) is 5.69 Å². The van der Waals surface area contributed by atoms with E-state index in [1.165, 1.54) is 0 Å². The van der Waals surface area contributed by atoms with Crippen LogP contribution in [-0.4, -0.2) is 4.98 Å². The Bertz CT molecular complexity index is 273. The van der Waals surface area contributed by atoms with Crippen molar-refractivity contribution in [3.05, 3.63) is 24.0 Å². The summed E-state index contributed by atoms with van der Waals surface area (Å²) in [4.78, 5) is 3.94. The zero-order chi connectivity index (χ0) is 8.10. The molecule has 0 spiro atoms. The van der Waals surface area contributed by atoms with Crippen molar-refractivity contribution in [1.82, 2.24) is 4.98 Å². The molecule has 0 aliphatic carbocycles. The Labute approximate surface area is 66.4 Å². The van der Waals surface area contributed by atoms with Crippen LogP contribution >= 0.6 is 0 Å². The zero-order valence-corrected chi connectivity index (χ0v) is 6.25. The van der Waals surface area contributed by atoms with Crippen molar-refractivity contribution in [2.75, 3.05) is 5.73 Å². The van der Waals surface area contributed by atoms with Crippen molar-refractivity contribution in [2.24, 2.45) is 0 Å². The standard InChI is InChI=1S/C9H10N2/c1-2-3-4-8-5-9(10)7-11-6-8/h1,5-7H,3-4,10H2. The average Bonchev–Trinajstić information content (AvgIpc) is 2.01. The molecule has 1 heterocycles. The molecule has 56 valence electrons. The fourth-order valence-corrected chi connectivity index (χ4v) is 0.861. The molecular weight excluding hydrogens is 136 g/mol. The van der Waals surface area contributed by atoms with Crippen molar-refractivity contribution >= 4 is 5.69 Å². The molecule has 11 heavy (non-hydrogen) atoms. The van der Waals surface area contributed by atoms with Crippen molar-refractivity contribution in [3.8, 4) is 12.3 Å². The quantitative estimate of drug-likeness (QED) is 0.637. The van der Waals surface area contributed by atoms with Crippen LogP contribution in [0.5, 0.6) is 0 Å². The Morgan fingerprint density at radius 3 is 3.00 bits per heavy atom. The van der Waals surface area contributed by atoms with Crippen LogP contribution in [0.4, 0.5) is 5.69 Å². The first-order valence-electron chi connectivity index (χ1n) is 3.46. The highest BCUT2D eigenvalue weighted by Gasteiger charge is 1.91. The SMILES string of the molecule is C#CCCc1cncc(N)c1. The molecule has 0 atom stereocenters. The fraction of sp³-hybridized carbons (Fsp3) is 0.222. The van der Waals surface area contributed by atoms with Crippen LogP contribution in [0.25, 0.3) is 0 Å². The number of terminal acetylenes is 1. The molecule has 0 bridgehead atoms. The maximum atomic E-state index is 5.52. The van der Waals surface area contributed by atoms with Crippen LogP contribution in [0, 0.1) is 12.3 Å². The highest BCUT2D eigenvalue weighted by atomic mass is 14.7. The van der Waals surface area contributed by atoms with Crippen molar-refractivity contribution in [2.45, 2.75) is 12.8 Å². The van der Waals surface area contributed by atoms with E-state index in [1.54, 1.807) is 12.4 Å². The molecule has 0 aromatic carbocycles. The predicted octanol–water partition coefficient (Wildman–Crippen LogP) is 1.23. The molecule has 0 saturated heterocycles. The Hall–Kier alpha value is -1.49. The van der Waals surface area contributed by atoms with Crippen LogP contribution in [0.2, 0.25) is 0 Å². The van der Waals surface area contributed by atoms with E-state index in [1.807, 2.05) is 6.07 Å². The van der Waals surface area contributed by atoms with Gasteiger partial charge in [-0.25, -0.2) is 0 Å². The van der Waals surface area contributed by atoms with Gasteiger partial charge in [0.05, 0.1) is 5.69 Å². The first-order chi connectivity index (χ1) is 5.33. The summed E-state index contributed by atoms with van der Waals surface area (Å²) in [5, 5.41) is 0. The lowest BCUT2D eigenvalue weighted by atomic mass is 10.1. The third-order valence-corrected chi connectivity index (χ3v) is 1.37. The molecular formula is C9H10N2. The van der Waals surface area contributed by atoms with Crippen LogP contribution in [0.3, 0.4) is 0 Å². The second-order valence-electron chi connectivity index (χ2n) is 2.33. The molecule has 0 unspecified atom stereocenters. The van der Waals surface area contributed by atoms with E-state index >= 15 is 0 Å². The number of rotatable bonds is 2. The lowest BCUT2D eigenvalue weighted by molar-refractivity contribution is 1.01. The van der Waals surface area contributed by atoms with E-state index in [-0.39, 0.29) is 0 Å². The first-order valence-corrected chi connectivity index (χ1v) is 3.46. The van der Waals surface area contributed by atoms with Gasteiger partial charge in [0.25, 0.3) is 0 Å². The van der Waals surface area contributed by atoms with Gasteiger partial charge in [0, 0.05) is 18.8 Å². The number of hydrogen-bond acceptors (Lipinski definition) is 2. The number of nitrogens with two attached hydrogens (primary N) is 1. The van der Waals surface area contributed by atoms with E-state index in [0.717, 1.165) is 18.4 Å². The van der Waals surface area contributed by atoms with Gasteiger partial charge in [-0.05, 0) is 18.1 Å². The third kappa shape index (κ3) is 2.30. The Morgan fingerprint density at radius 2 is 2.36 bits per heavy atom. The highest BCUT2D eigenvalue weighted by molar-refractivity contribution is 5.37. The van der Waals surface area contributed by atoms with Crippen LogP contribution in [0.1, 0.15) is 12.0 Å². The number of nitrogen functional groups attached to an aromatic ring is 1. The molecule has 1 aromatic heterocycles. The van der Waals surface area contributed by atoms with Crippen LogP contribution in [-0.2, 0) is 6.42 Å². The molecule has 0 aliphatic heterocycles. The van der Waals surface area contributed by atoms with Gasteiger partial charge in [-0.15, -0.1) is 12.3 Å². The lowest BCUT2D eigenvalue weighted by Gasteiger charge is -1.97. The van der Waals surface area contributed by atoms with E-state index in [2.05, 4.69) is 10.9 Å². The highest BCUT2D eigenvalue weighted by Crippen LogP contribution is 2.05. The predicted molar refractivity (Wildman–Crippen MR) is 45.8 cm³/mol. The zero-order valence-electron chi connectivity index (χ0n) is 6.25. The monoisotopic (exact) mass is 146 g/mol. The molecule has 0 fully saturated rings. The van der Waals surface area contributed by atoms with Crippen LogP contribution < -0.4 is 5.73 Å². The second-order valence-corrected chi connectivity index (χ2v) is 2.33. The molecule has 0 amide bonds. The smallest absolute Gasteiger partial charge is 0.0503 e.